The first-order valence-corrected chi connectivity index (χ1v) is 6.39. The van der Waals surface area contributed by atoms with Crippen molar-refractivity contribution in [3.8, 4) is 0 Å². The summed E-state index contributed by atoms with van der Waals surface area (Å²) in [4.78, 5) is 12.4. The van der Waals surface area contributed by atoms with E-state index in [0.29, 0.717) is 5.82 Å². The van der Waals surface area contributed by atoms with Crippen LogP contribution in [-0.2, 0) is 0 Å². The van der Waals surface area contributed by atoms with Crippen LogP contribution in [0.5, 0.6) is 0 Å². The van der Waals surface area contributed by atoms with Gasteiger partial charge in [0.05, 0.1) is 5.92 Å². The maximum absolute atomic E-state index is 5.69. The van der Waals surface area contributed by atoms with E-state index in [4.69, 9.17) is 5.73 Å². The van der Waals surface area contributed by atoms with Gasteiger partial charge in [-0.25, -0.2) is 9.97 Å². The van der Waals surface area contributed by atoms with E-state index in [-0.39, 0.29) is 11.9 Å². The first kappa shape index (κ1) is 12.3. The number of hydrogen-bond acceptors (Lipinski definition) is 4. The smallest absolute Gasteiger partial charge is 0.223 e. The third-order valence-corrected chi connectivity index (χ3v) is 3.13. The summed E-state index contributed by atoms with van der Waals surface area (Å²) in [5.74, 6) is 0.865. The Kier molecular flexibility index (Phi) is 3.37. The van der Waals surface area contributed by atoms with E-state index in [1.54, 1.807) is 0 Å². The van der Waals surface area contributed by atoms with Crippen LogP contribution in [0.1, 0.15) is 22.9 Å². The molecule has 0 aliphatic rings. The minimum Gasteiger partial charge on any atom is -0.368 e. The SMILES string of the molecule is Nc1ncnc(C(c2ccccc2)c2ccccc2)n1. The fourth-order valence-corrected chi connectivity index (χ4v) is 2.24. The fourth-order valence-electron chi connectivity index (χ4n) is 2.24. The van der Waals surface area contributed by atoms with Crippen LogP contribution >= 0.6 is 0 Å². The number of anilines is 1. The third-order valence-electron chi connectivity index (χ3n) is 3.13. The molecule has 0 aliphatic heterocycles. The number of hydrogen-bond donors (Lipinski definition) is 1. The average Bonchev–Trinajstić information content (AvgIpc) is 2.50. The minimum absolute atomic E-state index is 0.0392. The largest absolute Gasteiger partial charge is 0.368 e. The summed E-state index contributed by atoms with van der Waals surface area (Å²) < 4.78 is 0. The van der Waals surface area contributed by atoms with E-state index in [1.165, 1.54) is 6.33 Å². The molecule has 0 amide bonds. The zero-order valence-corrected chi connectivity index (χ0v) is 10.8. The normalized spacial score (nSPS) is 10.7. The van der Waals surface area contributed by atoms with Crippen molar-refractivity contribution in [3.63, 3.8) is 0 Å². The van der Waals surface area contributed by atoms with Crippen LogP contribution in [0, 0.1) is 0 Å². The molecule has 2 aromatic carbocycles. The van der Waals surface area contributed by atoms with Crippen LogP contribution < -0.4 is 5.73 Å². The van der Waals surface area contributed by atoms with E-state index in [1.807, 2.05) is 36.4 Å². The molecule has 98 valence electrons. The number of nitrogens with zero attached hydrogens (tertiary/aromatic N) is 3. The molecule has 0 bridgehead atoms. The van der Waals surface area contributed by atoms with Crippen molar-refractivity contribution in [2.75, 3.05) is 5.73 Å². The van der Waals surface area contributed by atoms with Crippen LogP contribution in [0.3, 0.4) is 0 Å². The van der Waals surface area contributed by atoms with Crippen molar-refractivity contribution in [2.24, 2.45) is 0 Å². The van der Waals surface area contributed by atoms with Gasteiger partial charge in [0.1, 0.15) is 12.2 Å². The summed E-state index contributed by atoms with van der Waals surface area (Å²) in [7, 11) is 0. The molecule has 0 unspecified atom stereocenters. The highest BCUT2D eigenvalue weighted by Gasteiger charge is 2.19. The Morgan fingerprint density at radius 2 is 1.30 bits per heavy atom. The zero-order chi connectivity index (χ0) is 13.8. The molecular weight excluding hydrogens is 248 g/mol. The maximum Gasteiger partial charge on any atom is 0.223 e. The maximum atomic E-state index is 5.69. The topological polar surface area (TPSA) is 64.7 Å². The lowest BCUT2D eigenvalue weighted by atomic mass is 9.90. The van der Waals surface area contributed by atoms with Crippen molar-refractivity contribution in [2.45, 2.75) is 5.92 Å². The van der Waals surface area contributed by atoms with Crippen molar-refractivity contribution >= 4 is 5.95 Å². The quantitative estimate of drug-likeness (QED) is 0.788. The monoisotopic (exact) mass is 262 g/mol. The molecule has 3 rings (SSSR count). The molecule has 0 atom stereocenters. The van der Waals surface area contributed by atoms with Crippen molar-refractivity contribution in [1.82, 2.24) is 15.0 Å². The Morgan fingerprint density at radius 3 is 1.80 bits per heavy atom. The lowest BCUT2D eigenvalue weighted by molar-refractivity contribution is 0.836. The summed E-state index contributed by atoms with van der Waals surface area (Å²) in [6, 6.07) is 20.3. The van der Waals surface area contributed by atoms with Gasteiger partial charge in [-0.05, 0) is 11.1 Å². The Morgan fingerprint density at radius 1 is 0.750 bits per heavy atom. The predicted molar refractivity (Wildman–Crippen MR) is 78.1 cm³/mol. The Balaban J connectivity index is 2.14. The van der Waals surface area contributed by atoms with Gasteiger partial charge in [-0.2, -0.15) is 4.98 Å². The number of benzene rings is 2. The van der Waals surface area contributed by atoms with Gasteiger partial charge in [0, 0.05) is 0 Å². The molecule has 1 heterocycles. The summed E-state index contributed by atoms with van der Waals surface area (Å²) >= 11 is 0. The van der Waals surface area contributed by atoms with Crippen LogP contribution in [0.4, 0.5) is 5.95 Å². The second-order valence-corrected chi connectivity index (χ2v) is 4.46. The number of aromatic nitrogens is 3. The molecule has 0 spiro atoms. The molecule has 4 heteroatoms. The van der Waals surface area contributed by atoms with E-state index in [9.17, 15) is 0 Å². The molecular formula is C16H14N4. The minimum atomic E-state index is -0.0392. The predicted octanol–water partition coefficient (Wildman–Crippen LogP) is 2.63. The van der Waals surface area contributed by atoms with Crippen LogP contribution in [-0.4, -0.2) is 15.0 Å². The number of rotatable bonds is 3. The van der Waals surface area contributed by atoms with Crippen LogP contribution in [0.2, 0.25) is 0 Å². The zero-order valence-electron chi connectivity index (χ0n) is 10.8. The molecule has 0 fully saturated rings. The lowest BCUT2D eigenvalue weighted by Crippen LogP contribution is -2.10. The molecule has 1 aromatic heterocycles. The molecule has 0 saturated heterocycles. The van der Waals surface area contributed by atoms with Crippen LogP contribution in [0.25, 0.3) is 0 Å². The van der Waals surface area contributed by atoms with Gasteiger partial charge in [-0.3, -0.25) is 0 Å². The molecule has 2 N–H and O–H groups in total. The van der Waals surface area contributed by atoms with Crippen molar-refractivity contribution < 1.29 is 0 Å². The molecule has 0 aliphatic carbocycles. The number of nitrogens with two attached hydrogens (primary N) is 1. The first-order chi connectivity index (χ1) is 9.84. The van der Waals surface area contributed by atoms with E-state index in [2.05, 4.69) is 39.2 Å². The summed E-state index contributed by atoms with van der Waals surface area (Å²) in [5.41, 5.74) is 7.95. The summed E-state index contributed by atoms with van der Waals surface area (Å²) in [6.45, 7) is 0. The number of nitrogen functional groups attached to an aromatic ring is 1. The standard InChI is InChI=1S/C16H14N4/c17-16-19-11-18-15(20-16)14(12-7-3-1-4-8-12)13-9-5-2-6-10-13/h1-11,14H,(H2,17,18,19,20). The van der Waals surface area contributed by atoms with Gasteiger partial charge >= 0.3 is 0 Å². The highest BCUT2D eigenvalue weighted by molar-refractivity contribution is 5.38. The lowest BCUT2D eigenvalue weighted by Gasteiger charge is -2.16. The second kappa shape index (κ2) is 5.48. The molecule has 0 radical (unpaired) electrons. The molecule has 0 saturated carbocycles. The van der Waals surface area contributed by atoms with Crippen molar-refractivity contribution in [3.05, 3.63) is 83.9 Å². The molecule has 20 heavy (non-hydrogen) atoms. The summed E-state index contributed by atoms with van der Waals surface area (Å²) in [6.07, 6.45) is 1.45. The van der Waals surface area contributed by atoms with E-state index in [0.717, 1.165) is 11.1 Å². The fraction of sp³-hybridized carbons (Fsp3) is 0.0625. The Labute approximate surface area is 117 Å². The highest BCUT2D eigenvalue weighted by Crippen LogP contribution is 2.29. The Bertz CT molecular complexity index is 644. The van der Waals surface area contributed by atoms with Gasteiger partial charge < -0.3 is 5.73 Å². The van der Waals surface area contributed by atoms with Gasteiger partial charge in [-0.1, -0.05) is 60.7 Å². The highest BCUT2D eigenvalue weighted by atomic mass is 15.1. The van der Waals surface area contributed by atoms with Gasteiger partial charge in [0.2, 0.25) is 5.95 Å². The van der Waals surface area contributed by atoms with Gasteiger partial charge in [0.15, 0.2) is 0 Å². The van der Waals surface area contributed by atoms with Gasteiger partial charge in [-0.15, -0.1) is 0 Å². The third kappa shape index (κ3) is 2.49. The molecule has 3 aromatic rings. The first-order valence-electron chi connectivity index (χ1n) is 6.39. The average molecular weight is 262 g/mol. The van der Waals surface area contributed by atoms with Crippen molar-refractivity contribution in [1.29, 1.82) is 0 Å². The summed E-state index contributed by atoms with van der Waals surface area (Å²) in [5, 5.41) is 0. The van der Waals surface area contributed by atoms with Crippen LogP contribution in [0.15, 0.2) is 67.0 Å². The molecule has 4 nitrogen and oxygen atoms in total. The van der Waals surface area contributed by atoms with E-state index < -0.39 is 0 Å². The van der Waals surface area contributed by atoms with E-state index >= 15 is 0 Å². The van der Waals surface area contributed by atoms with Gasteiger partial charge in [0.25, 0.3) is 0 Å². The second-order valence-electron chi connectivity index (χ2n) is 4.46. The Hall–Kier alpha value is -2.75.